The van der Waals surface area contributed by atoms with Gasteiger partial charge in [0.1, 0.15) is 12.0 Å². The quantitative estimate of drug-likeness (QED) is 0.544. The molecule has 2 rings (SSSR count). The van der Waals surface area contributed by atoms with E-state index in [1.165, 1.54) is 12.1 Å². The topological polar surface area (TPSA) is 26.3 Å². The number of carbonyl (C=O) groups is 1. The SMILES string of the molecule is O=Cc1cc(F)c(Oc2cc(Cl)c(Cl)cc2Cl)c(F)c1. The van der Waals surface area contributed by atoms with Crippen LogP contribution in [0.1, 0.15) is 10.4 Å². The number of rotatable bonds is 3. The van der Waals surface area contributed by atoms with Gasteiger partial charge < -0.3 is 4.74 Å². The molecule has 0 spiro atoms. The minimum atomic E-state index is -1.03. The van der Waals surface area contributed by atoms with Crippen LogP contribution in [0.3, 0.4) is 0 Å². The highest BCUT2D eigenvalue weighted by Crippen LogP contribution is 2.37. The summed E-state index contributed by atoms with van der Waals surface area (Å²) in [5.41, 5.74) is -0.146. The Bertz CT molecular complexity index is 667. The van der Waals surface area contributed by atoms with Crippen molar-refractivity contribution in [3.8, 4) is 11.5 Å². The zero-order valence-electron chi connectivity index (χ0n) is 9.59. The first-order valence-corrected chi connectivity index (χ1v) is 6.32. The summed E-state index contributed by atoms with van der Waals surface area (Å²) in [7, 11) is 0. The molecule has 0 fully saturated rings. The van der Waals surface area contributed by atoms with Crippen LogP contribution in [0.2, 0.25) is 15.1 Å². The zero-order chi connectivity index (χ0) is 14.9. The second kappa shape index (κ2) is 5.95. The molecule has 0 heterocycles. The highest BCUT2D eigenvalue weighted by atomic mass is 35.5. The lowest BCUT2D eigenvalue weighted by molar-refractivity contribution is 0.112. The minimum absolute atomic E-state index is 0.0395. The minimum Gasteiger partial charge on any atom is -0.450 e. The first-order chi connectivity index (χ1) is 9.42. The van der Waals surface area contributed by atoms with E-state index in [4.69, 9.17) is 39.5 Å². The molecule has 0 aliphatic carbocycles. The van der Waals surface area contributed by atoms with Crippen molar-refractivity contribution in [2.75, 3.05) is 0 Å². The summed E-state index contributed by atoms with van der Waals surface area (Å²) in [5, 5.41) is 0.343. The maximum atomic E-state index is 13.7. The van der Waals surface area contributed by atoms with Gasteiger partial charge >= 0.3 is 0 Å². The zero-order valence-corrected chi connectivity index (χ0v) is 11.9. The van der Waals surface area contributed by atoms with E-state index < -0.39 is 17.4 Å². The number of aldehydes is 1. The van der Waals surface area contributed by atoms with Crippen LogP contribution in [0.5, 0.6) is 11.5 Å². The molecule has 104 valence electrons. The van der Waals surface area contributed by atoms with Gasteiger partial charge in [-0.2, -0.15) is 0 Å². The summed E-state index contributed by atoms with van der Waals surface area (Å²) in [6.07, 6.45) is 0.322. The maximum absolute atomic E-state index is 13.7. The Morgan fingerprint density at radius 1 is 0.900 bits per heavy atom. The average Bonchev–Trinajstić information content (AvgIpc) is 2.39. The lowest BCUT2D eigenvalue weighted by Gasteiger charge is -2.10. The van der Waals surface area contributed by atoms with Crippen LogP contribution in [-0.2, 0) is 0 Å². The fourth-order valence-electron chi connectivity index (χ4n) is 1.44. The van der Waals surface area contributed by atoms with Crippen molar-refractivity contribution in [3.05, 3.63) is 56.5 Å². The summed E-state index contributed by atoms with van der Waals surface area (Å²) in [6.45, 7) is 0. The molecule has 0 aliphatic heterocycles. The smallest absolute Gasteiger partial charge is 0.198 e. The molecule has 0 saturated heterocycles. The fourth-order valence-corrected chi connectivity index (χ4v) is 2.01. The Hall–Kier alpha value is -1.36. The Morgan fingerprint density at radius 3 is 2.00 bits per heavy atom. The van der Waals surface area contributed by atoms with Gasteiger partial charge in [-0.1, -0.05) is 34.8 Å². The molecule has 0 aliphatic rings. The molecule has 2 aromatic carbocycles. The van der Waals surface area contributed by atoms with E-state index in [9.17, 15) is 13.6 Å². The third-order valence-electron chi connectivity index (χ3n) is 2.34. The lowest BCUT2D eigenvalue weighted by atomic mass is 10.2. The van der Waals surface area contributed by atoms with Crippen molar-refractivity contribution in [2.24, 2.45) is 0 Å². The molecule has 0 saturated carbocycles. The van der Waals surface area contributed by atoms with Crippen LogP contribution in [-0.4, -0.2) is 6.29 Å². The van der Waals surface area contributed by atoms with Gasteiger partial charge in [-0.25, -0.2) is 8.78 Å². The summed E-state index contributed by atoms with van der Waals surface area (Å²) < 4.78 is 32.4. The van der Waals surface area contributed by atoms with Crippen LogP contribution in [0.15, 0.2) is 24.3 Å². The van der Waals surface area contributed by atoms with Crippen LogP contribution >= 0.6 is 34.8 Å². The van der Waals surface area contributed by atoms with Gasteiger partial charge in [-0.3, -0.25) is 4.79 Å². The fraction of sp³-hybridized carbons (Fsp3) is 0. The molecule has 0 N–H and O–H groups in total. The molecule has 0 amide bonds. The molecule has 0 radical (unpaired) electrons. The molecule has 0 bridgehead atoms. The number of hydrogen-bond acceptors (Lipinski definition) is 2. The van der Waals surface area contributed by atoms with E-state index in [2.05, 4.69) is 0 Å². The summed E-state index contributed by atoms with van der Waals surface area (Å²) in [5.74, 6) is -2.81. The lowest BCUT2D eigenvalue weighted by Crippen LogP contribution is -1.96. The highest BCUT2D eigenvalue weighted by molar-refractivity contribution is 6.43. The summed E-state index contributed by atoms with van der Waals surface area (Å²) in [4.78, 5) is 10.5. The normalized spacial score (nSPS) is 10.4. The van der Waals surface area contributed by atoms with Gasteiger partial charge in [-0.05, 0) is 18.2 Å². The Labute approximate surface area is 127 Å². The molecule has 0 atom stereocenters. The van der Waals surface area contributed by atoms with Gasteiger partial charge in [0, 0.05) is 11.6 Å². The summed E-state index contributed by atoms with van der Waals surface area (Å²) >= 11 is 17.4. The van der Waals surface area contributed by atoms with Gasteiger partial charge in [0.05, 0.1) is 15.1 Å². The number of hydrogen-bond donors (Lipinski definition) is 0. The van der Waals surface area contributed by atoms with Crippen molar-refractivity contribution >= 4 is 41.1 Å². The molecule has 20 heavy (non-hydrogen) atoms. The van der Waals surface area contributed by atoms with Crippen LogP contribution in [0, 0.1) is 11.6 Å². The largest absolute Gasteiger partial charge is 0.450 e. The van der Waals surface area contributed by atoms with Crippen molar-refractivity contribution in [3.63, 3.8) is 0 Å². The van der Waals surface area contributed by atoms with Gasteiger partial charge in [0.2, 0.25) is 0 Å². The van der Waals surface area contributed by atoms with Gasteiger partial charge in [0.25, 0.3) is 0 Å². The predicted octanol–water partition coefficient (Wildman–Crippen LogP) is 5.53. The van der Waals surface area contributed by atoms with E-state index in [1.54, 1.807) is 0 Å². The molecule has 2 aromatic rings. The third kappa shape index (κ3) is 3.03. The molecular weight excluding hydrogens is 332 g/mol. The molecule has 2 nitrogen and oxygen atoms in total. The van der Waals surface area contributed by atoms with E-state index >= 15 is 0 Å². The monoisotopic (exact) mass is 336 g/mol. The molecule has 0 aromatic heterocycles. The standard InChI is InChI=1S/C13H5Cl3F2O2/c14-7-3-9(16)12(4-8(7)15)20-13-10(17)1-6(5-19)2-11(13)18/h1-5H. The van der Waals surface area contributed by atoms with Crippen molar-refractivity contribution in [1.82, 2.24) is 0 Å². The molecule has 0 unspecified atom stereocenters. The van der Waals surface area contributed by atoms with Gasteiger partial charge in [0.15, 0.2) is 17.4 Å². The van der Waals surface area contributed by atoms with Crippen molar-refractivity contribution in [2.45, 2.75) is 0 Å². The Morgan fingerprint density at radius 2 is 1.45 bits per heavy atom. The molecule has 7 heteroatoms. The molecular formula is C13H5Cl3F2O2. The van der Waals surface area contributed by atoms with E-state index in [-0.39, 0.29) is 26.4 Å². The first-order valence-electron chi connectivity index (χ1n) is 5.19. The maximum Gasteiger partial charge on any atom is 0.198 e. The Kier molecular flexibility index (Phi) is 4.48. The number of carbonyl (C=O) groups excluding carboxylic acids is 1. The second-order valence-corrected chi connectivity index (χ2v) is 4.95. The van der Waals surface area contributed by atoms with Gasteiger partial charge in [-0.15, -0.1) is 0 Å². The van der Waals surface area contributed by atoms with E-state index in [0.29, 0.717) is 6.29 Å². The first kappa shape index (κ1) is 15.0. The second-order valence-electron chi connectivity index (χ2n) is 3.73. The highest BCUT2D eigenvalue weighted by Gasteiger charge is 2.16. The van der Waals surface area contributed by atoms with Crippen molar-refractivity contribution < 1.29 is 18.3 Å². The average molecular weight is 338 g/mol. The predicted molar refractivity (Wildman–Crippen MR) is 73.3 cm³/mol. The van der Waals surface area contributed by atoms with Crippen LogP contribution in [0.25, 0.3) is 0 Å². The van der Waals surface area contributed by atoms with E-state index in [1.807, 2.05) is 0 Å². The van der Waals surface area contributed by atoms with Crippen molar-refractivity contribution in [1.29, 1.82) is 0 Å². The van der Waals surface area contributed by atoms with Crippen LogP contribution in [0.4, 0.5) is 8.78 Å². The number of halogens is 5. The number of benzene rings is 2. The Balaban J connectivity index is 2.45. The third-order valence-corrected chi connectivity index (χ3v) is 3.36. The van der Waals surface area contributed by atoms with Crippen LogP contribution < -0.4 is 4.74 Å². The van der Waals surface area contributed by atoms with E-state index in [0.717, 1.165) is 12.1 Å². The summed E-state index contributed by atoms with van der Waals surface area (Å²) in [6, 6.07) is 4.21. The number of ether oxygens (including phenoxy) is 1.